The first-order chi connectivity index (χ1) is 17.2. The number of hydrogen-bond acceptors (Lipinski definition) is 4. The van der Waals surface area contributed by atoms with Crippen LogP contribution in [0, 0.1) is 0 Å². The Morgan fingerprint density at radius 2 is 1.46 bits per heavy atom. The molecule has 0 radical (unpaired) electrons. The lowest BCUT2D eigenvalue weighted by Gasteiger charge is -2.19. The number of aromatic nitrogens is 2. The normalized spacial score (nSPS) is 11.9. The Labute approximate surface area is 208 Å². The average Bonchev–Trinajstić information content (AvgIpc) is 2.92. The highest BCUT2D eigenvalue weighted by Crippen LogP contribution is 2.38. The largest absolute Gasteiger partial charge is 0.293 e. The summed E-state index contributed by atoms with van der Waals surface area (Å²) in [5.41, 5.74) is 3.86. The Hall–Kier alpha value is -3.96. The molecule has 0 aliphatic heterocycles. The van der Waals surface area contributed by atoms with Gasteiger partial charge in [0.05, 0.1) is 16.6 Å². The summed E-state index contributed by atoms with van der Waals surface area (Å²) in [7, 11) is 0. The van der Waals surface area contributed by atoms with Gasteiger partial charge in [0.25, 0.3) is 5.56 Å². The molecule has 172 valence electrons. The molecule has 0 aliphatic rings. The number of carbonyl (C=O) groups excluding carboxylic acids is 1. The zero-order valence-corrected chi connectivity index (χ0v) is 20.1. The van der Waals surface area contributed by atoms with Gasteiger partial charge in [-0.3, -0.25) is 14.2 Å². The van der Waals surface area contributed by atoms with Crippen molar-refractivity contribution in [3.8, 4) is 5.69 Å². The first-order valence-corrected chi connectivity index (χ1v) is 12.5. The number of rotatable bonds is 7. The topological polar surface area (TPSA) is 52.0 Å². The third-order valence-electron chi connectivity index (χ3n) is 5.97. The standard InChI is InChI=1S/C30H24N2O2S/c1-2-21-17-19-24(20-18-21)32-29(34)25-15-9-10-16-26(25)31-30(32)35-28(23-13-7-4-8-14-23)27(33)22-11-5-3-6-12-22/h3-20,28H,2H2,1H3. The summed E-state index contributed by atoms with van der Waals surface area (Å²) in [6, 6.07) is 34.2. The predicted molar refractivity (Wildman–Crippen MR) is 143 cm³/mol. The van der Waals surface area contributed by atoms with Crippen LogP contribution >= 0.6 is 11.8 Å². The summed E-state index contributed by atoms with van der Waals surface area (Å²) >= 11 is 1.31. The van der Waals surface area contributed by atoms with Crippen molar-refractivity contribution in [3.05, 3.63) is 136 Å². The molecule has 4 aromatic carbocycles. The van der Waals surface area contributed by atoms with E-state index in [4.69, 9.17) is 4.98 Å². The second kappa shape index (κ2) is 10.1. The summed E-state index contributed by atoms with van der Waals surface area (Å²) in [5, 5.41) is 0.464. The van der Waals surface area contributed by atoms with Crippen LogP contribution in [-0.2, 0) is 6.42 Å². The summed E-state index contributed by atoms with van der Waals surface area (Å²) in [6.45, 7) is 2.10. The van der Waals surface area contributed by atoms with Crippen LogP contribution in [-0.4, -0.2) is 15.3 Å². The molecule has 0 bridgehead atoms. The monoisotopic (exact) mass is 476 g/mol. The highest BCUT2D eigenvalue weighted by Gasteiger charge is 2.26. The SMILES string of the molecule is CCc1ccc(-n2c(SC(C(=O)c3ccccc3)c3ccccc3)nc3ccccc3c2=O)cc1. The number of Topliss-reactive ketones (excluding diaryl/α,β-unsaturated/α-hetero) is 1. The van der Waals surface area contributed by atoms with Gasteiger partial charge in [0.15, 0.2) is 10.9 Å². The van der Waals surface area contributed by atoms with E-state index in [1.54, 1.807) is 10.6 Å². The van der Waals surface area contributed by atoms with Crippen molar-refractivity contribution in [2.45, 2.75) is 23.8 Å². The van der Waals surface area contributed by atoms with Gasteiger partial charge in [0.2, 0.25) is 0 Å². The van der Waals surface area contributed by atoms with E-state index in [-0.39, 0.29) is 11.3 Å². The van der Waals surface area contributed by atoms with Gasteiger partial charge < -0.3 is 0 Å². The van der Waals surface area contributed by atoms with Crippen LogP contribution < -0.4 is 5.56 Å². The zero-order valence-electron chi connectivity index (χ0n) is 19.3. The van der Waals surface area contributed by atoms with Gasteiger partial charge in [0.1, 0.15) is 5.25 Å². The van der Waals surface area contributed by atoms with Crippen LogP contribution in [0.3, 0.4) is 0 Å². The quantitative estimate of drug-likeness (QED) is 0.150. The van der Waals surface area contributed by atoms with Crippen LogP contribution in [0.1, 0.15) is 33.7 Å². The molecule has 0 fully saturated rings. The molecule has 0 amide bonds. The Bertz CT molecular complexity index is 1530. The summed E-state index contributed by atoms with van der Waals surface area (Å²) in [5.74, 6) is -0.0305. The molecule has 0 spiro atoms. The van der Waals surface area contributed by atoms with Crippen LogP contribution in [0.15, 0.2) is 119 Å². The first kappa shape index (κ1) is 22.8. The predicted octanol–water partition coefficient (Wildman–Crippen LogP) is 6.66. The molecule has 0 N–H and O–H groups in total. The lowest BCUT2D eigenvalue weighted by atomic mass is 10.0. The first-order valence-electron chi connectivity index (χ1n) is 11.6. The molecule has 0 saturated carbocycles. The Kier molecular flexibility index (Phi) is 6.59. The van der Waals surface area contributed by atoms with Gasteiger partial charge in [0, 0.05) is 5.56 Å². The van der Waals surface area contributed by atoms with Crippen LogP contribution in [0.5, 0.6) is 0 Å². The maximum atomic E-state index is 13.7. The second-order valence-electron chi connectivity index (χ2n) is 8.21. The summed E-state index contributed by atoms with van der Waals surface area (Å²) < 4.78 is 1.63. The number of carbonyl (C=O) groups is 1. The van der Waals surface area contributed by atoms with E-state index in [9.17, 15) is 9.59 Å². The molecule has 5 aromatic rings. The molecule has 35 heavy (non-hydrogen) atoms. The Balaban J connectivity index is 1.69. The molecule has 5 rings (SSSR count). The van der Waals surface area contributed by atoms with Gasteiger partial charge in [-0.05, 0) is 41.8 Å². The molecule has 4 nitrogen and oxygen atoms in total. The van der Waals surface area contributed by atoms with Crippen molar-refractivity contribution in [2.75, 3.05) is 0 Å². The maximum absolute atomic E-state index is 13.7. The van der Waals surface area contributed by atoms with Gasteiger partial charge >= 0.3 is 0 Å². The summed E-state index contributed by atoms with van der Waals surface area (Å²) in [4.78, 5) is 32.3. The zero-order chi connectivity index (χ0) is 24.2. The fourth-order valence-corrected chi connectivity index (χ4v) is 5.25. The number of ketones is 1. The van der Waals surface area contributed by atoms with Gasteiger partial charge in [-0.15, -0.1) is 0 Å². The number of para-hydroxylation sites is 1. The van der Waals surface area contributed by atoms with E-state index in [1.807, 2.05) is 103 Å². The number of hydrogen-bond donors (Lipinski definition) is 0. The number of fused-ring (bicyclic) bond motifs is 1. The Morgan fingerprint density at radius 3 is 2.14 bits per heavy atom. The second-order valence-corrected chi connectivity index (χ2v) is 9.28. The van der Waals surface area contributed by atoms with Crippen molar-refractivity contribution >= 4 is 28.4 Å². The minimum atomic E-state index is -0.562. The van der Waals surface area contributed by atoms with E-state index < -0.39 is 5.25 Å². The minimum Gasteiger partial charge on any atom is -0.293 e. The average molecular weight is 477 g/mol. The fourth-order valence-electron chi connectivity index (χ4n) is 4.06. The smallest absolute Gasteiger partial charge is 0.266 e. The van der Waals surface area contributed by atoms with E-state index in [2.05, 4.69) is 6.92 Å². The molecule has 5 heteroatoms. The van der Waals surface area contributed by atoms with Gasteiger partial charge in [-0.1, -0.05) is 104 Å². The van der Waals surface area contributed by atoms with Gasteiger partial charge in [-0.2, -0.15) is 0 Å². The van der Waals surface area contributed by atoms with Crippen molar-refractivity contribution < 1.29 is 4.79 Å². The highest BCUT2D eigenvalue weighted by molar-refractivity contribution is 8.00. The maximum Gasteiger partial charge on any atom is 0.266 e. The molecule has 0 aliphatic carbocycles. The highest BCUT2D eigenvalue weighted by atomic mass is 32.2. The van der Waals surface area contributed by atoms with Crippen LogP contribution in [0.4, 0.5) is 0 Å². The third kappa shape index (κ3) is 4.68. The molecule has 1 atom stereocenters. The number of benzene rings is 4. The van der Waals surface area contributed by atoms with Crippen LogP contribution in [0.25, 0.3) is 16.6 Å². The fraction of sp³-hybridized carbons (Fsp3) is 0.100. The number of aryl methyl sites for hydroxylation is 1. The van der Waals surface area contributed by atoms with Crippen LogP contribution in [0.2, 0.25) is 0 Å². The molecular weight excluding hydrogens is 452 g/mol. The lowest BCUT2D eigenvalue weighted by molar-refractivity contribution is 0.0989. The Morgan fingerprint density at radius 1 is 0.829 bits per heavy atom. The molecular formula is C30H24N2O2S. The van der Waals surface area contributed by atoms with Crippen molar-refractivity contribution in [2.24, 2.45) is 0 Å². The lowest BCUT2D eigenvalue weighted by Crippen LogP contribution is -2.23. The van der Waals surface area contributed by atoms with Gasteiger partial charge in [-0.25, -0.2) is 4.98 Å². The van der Waals surface area contributed by atoms with E-state index in [0.29, 0.717) is 21.6 Å². The molecule has 0 saturated heterocycles. The molecule has 1 aromatic heterocycles. The molecule has 1 unspecified atom stereocenters. The minimum absolute atomic E-state index is 0.0305. The third-order valence-corrected chi connectivity index (χ3v) is 7.18. The number of thioether (sulfide) groups is 1. The van der Waals surface area contributed by atoms with Crippen molar-refractivity contribution in [1.29, 1.82) is 0 Å². The van der Waals surface area contributed by atoms with E-state index >= 15 is 0 Å². The van der Waals surface area contributed by atoms with Crippen molar-refractivity contribution in [1.82, 2.24) is 9.55 Å². The summed E-state index contributed by atoms with van der Waals surface area (Å²) in [6.07, 6.45) is 0.911. The van der Waals surface area contributed by atoms with E-state index in [0.717, 1.165) is 17.7 Å². The number of nitrogens with zero attached hydrogens (tertiary/aromatic N) is 2. The van der Waals surface area contributed by atoms with E-state index in [1.165, 1.54) is 17.3 Å². The van der Waals surface area contributed by atoms with Crippen molar-refractivity contribution in [3.63, 3.8) is 0 Å². The molecule has 1 heterocycles.